The smallest absolute Gasteiger partial charge is 0.235 e. The lowest BCUT2D eigenvalue weighted by Gasteiger charge is -2.18. The van der Waals surface area contributed by atoms with Gasteiger partial charge in [-0.3, -0.25) is 14.9 Å². The molecule has 1 unspecified atom stereocenters. The standard InChI is InChI=1S/C8H13NO3/c1-3-12-5-8(2)4-6(10)9-7(8)11/h3-5H2,1-2H3,(H,9,10,11). The number of amides is 2. The van der Waals surface area contributed by atoms with Gasteiger partial charge in [-0.05, 0) is 13.8 Å². The molecule has 1 aliphatic heterocycles. The summed E-state index contributed by atoms with van der Waals surface area (Å²) < 4.78 is 5.13. The van der Waals surface area contributed by atoms with Gasteiger partial charge in [0.25, 0.3) is 0 Å². The van der Waals surface area contributed by atoms with Gasteiger partial charge in [0.1, 0.15) is 0 Å². The zero-order valence-electron chi connectivity index (χ0n) is 7.35. The van der Waals surface area contributed by atoms with Crippen LogP contribution in [0.5, 0.6) is 0 Å². The summed E-state index contributed by atoms with van der Waals surface area (Å²) in [6, 6.07) is 0. The molecule has 4 heteroatoms. The van der Waals surface area contributed by atoms with Crippen molar-refractivity contribution in [1.29, 1.82) is 0 Å². The van der Waals surface area contributed by atoms with Crippen LogP contribution in [0.3, 0.4) is 0 Å². The summed E-state index contributed by atoms with van der Waals surface area (Å²) in [7, 11) is 0. The molecule has 0 spiro atoms. The number of carbonyl (C=O) groups is 2. The molecule has 68 valence electrons. The molecule has 4 nitrogen and oxygen atoms in total. The van der Waals surface area contributed by atoms with Crippen LogP contribution in [-0.2, 0) is 14.3 Å². The number of ether oxygens (including phenoxy) is 1. The Bertz CT molecular complexity index is 214. The maximum absolute atomic E-state index is 11.2. The average Bonchev–Trinajstić information content (AvgIpc) is 2.23. The largest absolute Gasteiger partial charge is 0.381 e. The summed E-state index contributed by atoms with van der Waals surface area (Å²) in [5, 5.41) is 2.26. The zero-order chi connectivity index (χ0) is 9.19. The van der Waals surface area contributed by atoms with E-state index < -0.39 is 5.41 Å². The minimum atomic E-state index is -0.646. The van der Waals surface area contributed by atoms with Crippen LogP contribution in [0.1, 0.15) is 20.3 Å². The summed E-state index contributed by atoms with van der Waals surface area (Å²) >= 11 is 0. The molecular formula is C8H13NO3. The molecule has 1 N–H and O–H groups in total. The Morgan fingerprint density at radius 3 is 2.67 bits per heavy atom. The maximum Gasteiger partial charge on any atom is 0.235 e. The van der Waals surface area contributed by atoms with E-state index in [4.69, 9.17) is 4.74 Å². The van der Waals surface area contributed by atoms with Gasteiger partial charge in [-0.15, -0.1) is 0 Å². The topological polar surface area (TPSA) is 55.4 Å². The van der Waals surface area contributed by atoms with Crippen LogP contribution in [0.25, 0.3) is 0 Å². The number of nitrogens with one attached hydrogen (secondary N) is 1. The molecule has 1 saturated heterocycles. The van der Waals surface area contributed by atoms with Gasteiger partial charge in [-0.25, -0.2) is 0 Å². The summed E-state index contributed by atoms with van der Waals surface area (Å²) in [5.74, 6) is -0.428. The van der Waals surface area contributed by atoms with Gasteiger partial charge >= 0.3 is 0 Å². The predicted molar refractivity (Wildman–Crippen MR) is 42.4 cm³/mol. The summed E-state index contributed by atoms with van der Waals surface area (Å²) in [4.78, 5) is 22.0. The Morgan fingerprint density at radius 1 is 1.58 bits per heavy atom. The van der Waals surface area contributed by atoms with Crippen LogP contribution >= 0.6 is 0 Å². The molecule has 0 saturated carbocycles. The third-order valence-corrected chi connectivity index (χ3v) is 1.98. The fourth-order valence-corrected chi connectivity index (χ4v) is 1.20. The SMILES string of the molecule is CCOCC1(C)CC(=O)NC1=O. The molecule has 1 rings (SSSR count). The van der Waals surface area contributed by atoms with Crippen molar-refractivity contribution in [3.05, 3.63) is 0 Å². The van der Waals surface area contributed by atoms with Crippen molar-refractivity contribution in [2.75, 3.05) is 13.2 Å². The molecule has 0 aliphatic carbocycles. The predicted octanol–water partition coefficient (Wildman–Crippen LogP) is 0.0757. The Balaban J connectivity index is 2.58. The first kappa shape index (κ1) is 9.19. The Hall–Kier alpha value is -0.900. The second-order valence-electron chi connectivity index (χ2n) is 3.25. The van der Waals surface area contributed by atoms with E-state index in [1.807, 2.05) is 6.92 Å². The number of hydrogen-bond donors (Lipinski definition) is 1. The molecule has 1 atom stereocenters. The summed E-state index contributed by atoms with van der Waals surface area (Å²) in [5.41, 5.74) is -0.646. The Morgan fingerprint density at radius 2 is 2.25 bits per heavy atom. The lowest BCUT2D eigenvalue weighted by Crippen LogP contribution is -2.32. The van der Waals surface area contributed by atoms with Gasteiger partial charge in [0.05, 0.1) is 12.0 Å². The highest BCUT2D eigenvalue weighted by molar-refractivity contribution is 6.05. The fraction of sp³-hybridized carbons (Fsp3) is 0.750. The lowest BCUT2D eigenvalue weighted by atomic mass is 9.90. The highest BCUT2D eigenvalue weighted by Crippen LogP contribution is 2.26. The molecule has 1 heterocycles. The number of imide groups is 1. The van der Waals surface area contributed by atoms with E-state index in [1.54, 1.807) is 6.92 Å². The Labute approximate surface area is 71.3 Å². The second kappa shape index (κ2) is 3.23. The molecule has 0 aromatic rings. The van der Waals surface area contributed by atoms with E-state index in [0.717, 1.165) is 0 Å². The number of carbonyl (C=O) groups excluding carboxylic acids is 2. The third-order valence-electron chi connectivity index (χ3n) is 1.98. The highest BCUT2D eigenvalue weighted by atomic mass is 16.5. The van der Waals surface area contributed by atoms with Crippen molar-refractivity contribution in [1.82, 2.24) is 5.32 Å². The molecule has 1 fully saturated rings. The van der Waals surface area contributed by atoms with Crippen molar-refractivity contribution in [2.24, 2.45) is 5.41 Å². The van der Waals surface area contributed by atoms with Crippen molar-refractivity contribution in [3.63, 3.8) is 0 Å². The van der Waals surface area contributed by atoms with Crippen molar-refractivity contribution in [2.45, 2.75) is 20.3 Å². The highest BCUT2D eigenvalue weighted by Gasteiger charge is 2.42. The molecule has 0 aromatic heterocycles. The van der Waals surface area contributed by atoms with E-state index in [9.17, 15) is 9.59 Å². The molecule has 0 radical (unpaired) electrons. The van der Waals surface area contributed by atoms with Crippen molar-refractivity contribution < 1.29 is 14.3 Å². The lowest BCUT2D eigenvalue weighted by molar-refractivity contribution is -0.130. The fourth-order valence-electron chi connectivity index (χ4n) is 1.20. The zero-order valence-corrected chi connectivity index (χ0v) is 7.35. The monoisotopic (exact) mass is 171 g/mol. The minimum absolute atomic E-state index is 0.206. The van der Waals surface area contributed by atoms with E-state index in [1.165, 1.54) is 0 Å². The third kappa shape index (κ3) is 1.64. The maximum atomic E-state index is 11.2. The quantitative estimate of drug-likeness (QED) is 0.611. The molecule has 0 bridgehead atoms. The first-order chi connectivity index (χ1) is 5.58. The van der Waals surface area contributed by atoms with Gasteiger partial charge in [0.2, 0.25) is 11.8 Å². The molecule has 0 aromatic carbocycles. The van der Waals surface area contributed by atoms with Crippen molar-refractivity contribution in [3.8, 4) is 0 Å². The first-order valence-electron chi connectivity index (χ1n) is 4.00. The van der Waals surface area contributed by atoms with Gasteiger partial charge < -0.3 is 4.74 Å². The van der Waals surface area contributed by atoms with E-state index in [2.05, 4.69) is 5.32 Å². The molecule has 2 amide bonds. The number of rotatable bonds is 3. The Kier molecular flexibility index (Phi) is 2.47. The normalized spacial score (nSPS) is 29.2. The molecular weight excluding hydrogens is 158 g/mol. The molecule has 12 heavy (non-hydrogen) atoms. The van der Waals surface area contributed by atoms with Crippen LogP contribution < -0.4 is 5.32 Å². The van der Waals surface area contributed by atoms with Crippen LogP contribution in [0.15, 0.2) is 0 Å². The van der Waals surface area contributed by atoms with Gasteiger partial charge in [0.15, 0.2) is 0 Å². The molecule has 1 aliphatic rings. The summed E-state index contributed by atoms with van der Waals surface area (Å²) in [6.07, 6.45) is 0.242. The van der Waals surface area contributed by atoms with Gasteiger partial charge in [-0.1, -0.05) is 0 Å². The van der Waals surface area contributed by atoms with Crippen LogP contribution in [0, 0.1) is 5.41 Å². The van der Waals surface area contributed by atoms with Gasteiger partial charge in [-0.2, -0.15) is 0 Å². The first-order valence-corrected chi connectivity index (χ1v) is 4.00. The van der Waals surface area contributed by atoms with Gasteiger partial charge in [0, 0.05) is 13.0 Å². The number of hydrogen-bond acceptors (Lipinski definition) is 3. The van der Waals surface area contributed by atoms with E-state index >= 15 is 0 Å². The van der Waals surface area contributed by atoms with Crippen LogP contribution in [0.2, 0.25) is 0 Å². The van der Waals surface area contributed by atoms with Crippen LogP contribution in [0.4, 0.5) is 0 Å². The van der Waals surface area contributed by atoms with E-state index in [-0.39, 0.29) is 18.2 Å². The van der Waals surface area contributed by atoms with Crippen molar-refractivity contribution >= 4 is 11.8 Å². The van der Waals surface area contributed by atoms with Crippen LogP contribution in [-0.4, -0.2) is 25.0 Å². The minimum Gasteiger partial charge on any atom is -0.381 e. The summed E-state index contributed by atoms with van der Waals surface area (Å²) in [6.45, 7) is 4.49. The average molecular weight is 171 g/mol. The second-order valence-corrected chi connectivity index (χ2v) is 3.25. The van der Waals surface area contributed by atoms with E-state index in [0.29, 0.717) is 13.2 Å².